The number of carbonyl (C=O) groups is 1. The van der Waals surface area contributed by atoms with Gasteiger partial charge in [-0.2, -0.15) is 0 Å². The smallest absolute Gasteiger partial charge is 0.335 e. The van der Waals surface area contributed by atoms with Crippen molar-refractivity contribution >= 4 is 16.9 Å². The molecule has 0 amide bonds. The quantitative estimate of drug-likeness (QED) is 0.450. The van der Waals surface area contributed by atoms with Crippen molar-refractivity contribution in [2.45, 2.75) is 58.0 Å². The van der Waals surface area contributed by atoms with Gasteiger partial charge in [0.15, 0.2) is 0 Å². The van der Waals surface area contributed by atoms with Crippen LogP contribution in [0.4, 0.5) is 4.39 Å². The maximum atomic E-state index is 13.9. The highest BCUT2D eigenvalue weighted by atomic mass is 19.1. The van der Waals surface area contributed by atoms with E-state index in [2.05, 4.69) is 22.6 Å². The normalized spacial score (nSPS) is 15.5. The van der Waals surface area contributed by atoms with Crippen LogP contribution in [0.3, 0.4) is 0 Å². The molecule has 4 rings (SSSR count). The van der Waals surface area contributed by atoms with Gasteiger partial charge in [0.1, 0.15) is 5.82 Å². The lowest BCUT2D eigenvalue weighted by Gasteiger charge is -2.32. The highest BCUT2D eigenvalue weighted by Crippen LogP contribution is 2.35. The molecule has 1 aliphatic heterocycles. The number of aryl methyl sites for hydroxylation is 1. The van der Waals surface area contributed by atoms with Crippen molar-refractivity contribution < 1.29 is 14.3 Å². The van der Waals surface area contributed by atoms with E-state index in [9.17, 15) is 14.3 Å². The lowest BCUT2D eigenvalue weighted by Crippen LogP contribution is -2.32. The number of hydrogen-bond donors (Lipinski definition) is 1. The Kier molecular flexibility index (Phi) is 6.71. The summed E-state index contributed by atoms with van der Waals surface area (Å²) in [4.78, 5) is 13.6. The number of carboxylic acids is 1. The van der Waals surface area contributed by atoms with E-state index in [1.54, 1.807) is 24.3 Å². The minimum absolute atomic E-state index is 0.174. The van der Waals surface area contributed by atoms with Gasteiger partial charge in [0, 0.05) is 24.7 Å². The van der Waals surface area contributed by atoms with Gasteiger partial charge in [-0.1, -0.05) is 31.9 Å². The minimum Gasteiger partial charge on any atom is -0.478 e. The number of rotatable bonds is 8. The van der Waals surface area contributed by atoms with Gasteiger partial charge in [-0.05, 0) is 79.7 Å². The lowest BCUT2D eigenvalue weighted by atomic mass is 9.89. The number of piperidine rings is 1. The predicted octanol–water partition coefficient (Wildman–Crippen LogP) is 6.05. The molecular formula is C26H31FN2O2. The maximum absolute atomic E-state index is 13.9. The van der Waals surface area contributed by atoms with E-state index >= 15 is 0 Å². The molecule has 4 nitrogen and oxygen atoms in total. The van der Waals surface area contributed by atoms with E-state index in [1.807, 2.05) is 18.2 Å². The molecule has 1 aromatic heterocycles. The van der Waals surface area contributed by atoms with Crippen LogP contribution in [0.2, 0.25) is 0 Å². The van der Waals surface area contributed by atoms with Crippen LogP contribution in [-0.2, 0) is 13.1 Å². The summed E-state index contributed by atoms with van der Waals surface area (Å²) in [7, 11) is 0. The van der Waals surface area contributed by atoms with E-state index in [1.165, 1.54) is 23.8 Å². The highest BCUT2D eigenvalue weighted by molar-refractivity contribution is 5.87. The number of benzene rings is 2. The molecule has 1 saturated heterocycles. The monoisotopic (exact) mass is 422 g/mol. The Labute approximate surface area is 183 Å². The van der Waals surface area contributed by atoms with Gasteiger partial charge in [-0.25, -0.2) is 9.18 Å². The molecule has 0 radical (unpaired) electrons. The van der Waals surface area contributed by atoms with Gasteiger partial charge < -0.3 is 9.67 Å². The highest BCUT2D eigenvalue weighted by Gasteiger charge is 2.24. The van der Waals surface area contributed by atoms with Crippen molar-refractivity contribution in [2.24, 2.45) is 0 Å². The average molecular weight is 423 g/mol. The number of hydrogen-bond acceptors (Lipinski definition) is 2. The van der Waals surface area contributed by atoms with Gasteiger partial charge in [0.05, 0.1) is 11.1 Å². The van der Waals surface area contributed by atoms with E-state index in [-0.39, 0.29) is 5.82 Å². The Balaban J connectivity index is 1.46. The average Bonchev–Trinajstić information content (AvgIpc) is 3.12. The number of fused-ring (bicyclic) bond motifs is 1. The fourth-order valence-corrected chi connectivity index (χ4v) is 4.80. The summed E-state index contributed by atoms with van der Waals surface area (Å²) in [6.45, 7) is 5.87. The van der Waals surface area contributed by atoms with Crippen molar-refractivity contribution in [1.29, 1.82) is 0 Å². The number of carboxylic acid groups (broad SMARTS) is 1. The molecule has 3 aromatic rings. The molecule has 0 unspecified atom stereocenters. The second-order valence-electron chi connectivity index (χ2n) is 8.70. The summed E-state index contributed by atoms with van der Waals surface area (Å²) in [6, 6.07) is 12.4. The third-order valence-electron chi connectivity index (χ3n) is 6.49. The lowest BCUT2D eigenvalue weighted by molar-refractivity contribution is 0.0696. The fraction of sp³-hybridized carbons (Fsp3) is 0.423. The molecule has 2 heterocycles. The summed E-state index contributed by atoms with van der Waals surface area (Å²) < 4.78 is 16.2. The Morgan fingerprint density at radius 1 is 1.13 bits per heavy atom. The van der Waals surface area contributed by atoms with Crippen LogP contribution < -0.4 is 0 Å². The maximum Gasteiger partial charge on any atom is 0.335 e. The van der Waals surface area contributed by atoms with Crippen molar-refractivity contribution in [2.75, 3.05) is 13.1 Å². The minimum atomic E-state index is -0.882. The van der Waals surface area contributed by atoms with Crippen molar-refractivity contribution in [3.05, 3.63) is 71.2 Å². The molecule has 0 saturated carbocycles. The van der Waals surface area contributed by atoms with E-state index < -0.39 is 5.97 Å². The number of unbranched alkanes of at least 4 members (excludes halogenated alkanes) is 2. The van der Waals surface area contributed by atoms with E-state index in [4.69, 9.17) is 0 Å². The van der Waals surface area contributed by atoms with E-state index in [0.29, 0.717) is 11.5 Å². The van der Waals surface area contributed by atoms with Crippen LogP contribution in [0.15, 0.2) is 48.7 Å². The molecule has 5 heteroatoms. The first kappa shape index (κ1) is 21.6. The molecule has 1 N–H and O–H groups in total. The number of nitrogens with zero attached hydrogens (tertiary/aromatic N) is 2. The zero-order valence-corrected chi connectivity index (χ0v) is 18.2. The SMILES string of the molecule is CCCCCn1cc(C2CCN(Cc3cccc(C(=O)O)c3)CC2)c2ccc(F)cc21. The molecule has 0 aliphatic carbocycles. The summed E-state index contributed by atoms with van der Waals surface area (Å²) in [5, 5.41) is 10.4. The molecule has 0 spiro atoms. The van der Waals surface area contributed by atoms with Gasteiger partial charge in [0.2, 0.25) is 0 Å². The van der Waals surface area contributed by atoms with Gasteiger partial charge in [-0.15, -0.1) is 0 Å². The van der Waals surface area contributed by atoms with Gasteiger partial charge >= 0.3 is 5.97 Å². The molecule has 1 fully saturated rings. The van der Waals surface area contributed by atoms with Gasteiger partial charge in [0.25, 0.3) is 0 Å². The molecular weight excluding hydrogens is 391 g/mol. The Morgan fingerprint density at radius 2 is 1.94 bits per heavy atom. The Hall–Kier alpha value is -2.66. The van der Waals surface area contributed by atoms with Crippen LogP contribution >= 0.6 is 0 Å². The van der Waals surface area contributed by atoms with Crippen LogP contribution in [-0.4, -0.2) is 33.6 Å². The van der Waals surface area contributed by atoms with Crippen LogP contribution in [0.25, 0.3) is 10.9 Å². The summed E-state index contributed by atoms with van der Waals surface area (Å²) in [6.07, 6.45) is 7.86. The van der Waals surface area contributed by atoms with Crippen molar-refractivity contribution in [3.8, 4) is 0 Å². The second kappa shape index (κ2) is 9.65. The molecule has 31 heavy (non-hydrogen) atoms. The third kappa shape index (κ3) is 4.99. The number of aromatic carboxylic acids is 1. The molecule has 0 atom stereocenters. The van der Waals surface area contributed by atoms with Crippen molar-refractivity contribution in [3.63, 3.8) is 0 Å². The summed E-state index contributed by atoms with van der Waals surface area (Å²) in [5.74, 6) is -0.582. The van der Waals surface area contributed by atoms with Crippen LogP contribution in [0, 0.1) is 5.82 Å². The second-order valence-corrected chi connectivity index (χ2v) is 8.70. The standard InChI is InChI=1S/C26H31FN2O2/c1-2-3-4-12-29-18-24(23-9-8-22(27)16-25(23)29)20-10-13-28(14-11-20)17-19-6-5-7-21(15-19)26(30)31/h5-9,15-16,18,20H,2-4,10-14,17H2,1H3,(H,30,31). The van der Waals surface area contributed by atoms with Gasteiger partial charge in [-0.3, -0.25) is 4.90 Å². The van der Waals surface area contributed by atoms with Crippen LogP contribution in [0.1, 0.15) is 66.4 Å². The number of halogens is 1. The summed E-state index contributed by atoms with van der Waals surface area (Å²) >= 11 is 0. The zero-order chi connectivity index (χ0) is 21.8. The predicted molar refractivity (Wildman–Crippen MR) is 122 cm³/mol. The summed E-state index contributed by atoms with van der Waals surface area (Å²) in [5.41, 5.74) is 3.75. The first-order valence-electron chi connectivity index (χ1n) is 11.4. The Bertz CT molecular complexity index is 1050. The number of likely N-dealkylation sites (tertiary alicyclic amines) is 1. The first-order valence-corrected chi connectivity index (χ1v) is 11.4. The molecule has 164 valence electrons. The Morgan fingerprint density at radius 3 is 2.68 bits per heavy atom. The van der Waals surface area contributed by atoms with Crippen molar-refractivity contribution in [1.82, 2.24) is 9.47 Å². The molecule has 1 aliphatic rings. The number of aromatic nitrogens is 1. The molecule has 2 aromatic carbocycles. The largest absolute Gasteiger partial charge is 0.478 e. The third-order valence-corrected chi connectivity index (χ3v) is 6.49. The fourth-order valence-electron chi connectivity index (χ4n) is 4.80. The molecule has 0 bridgehead atoms. The van der Waals surface area contributed by atoms with Crippen LogP contribution in [0.5, 0.6) is 0 Å². The topological polar surface area (TPSA) is 45.5 Å². The first-order chi connectivity index (χ1) is 15.0. The van der Waals surface area contributed by atoms with E-state index in [0.717, 1.165) is 56.5 Å². The zero-order valence-electron chi connectivity index (χ0n) is 18.2.